The van der Waals surface area contributed by atoms with Gasteiger partial charge in [0.1, 0.15) is 6.10 Å². The van der Waals surface area contributed by atoms with Gasteiger partial charge >= 0.3 is 0 Å². The van der Waals surface area contributed by atoms with Gasteiger partial charge in [-0.2, -0.15) is 0 Å². The Morgan fingerprint density at radius 1 is 1.17 bits per heavy atom. The topological polar surface area (TPSA) is 9.23 Å². The average molecular weight is 164 g/mol. The maximum absolute atomic E-state index is 5.67. The van der Waals surface area contributed by atoms with E-state index in [9.17, 15) is 0 Å². The second-order valence-corrected chi connectivity index (χ2v) is 4.54. The number of ether oxygens (including phenoxy) is 1. The van der Waals surface area contributed by atoms with Crippen LogP contribution >= 0.6 is 0 Å². The molecule has 4 unspecified atom stereocenters. The quantitative estimate of drug-likeness (QED) is 0.535. The molecule has 12 heavy (non-hydrogen) atoms. The van der Waals surface area contributed by atoms with Crippen LogP contribution in [0.25, 0.3) is 0 Å². The molecule has 0 bridgehead atoms. The molecule has 1 aliphatic heterocycles. The van der Waals surface area contributed by atoms with Crippen molar-refractivity contribution in [1.29, 1.82) is 0 Å². The summed E-state index contributed by atoms with van der Waals surface area (Å²) in [4.78, 5) is 0. The van der Waals surface area contributed by atoms with Gasteiger partial charge in [0.2, 0.25) is 0 Å². The normalized spacial score (nSPS) is 50.0. The van der Waals surface area contributed by atoms with E-state index < -0.39 is 0 Å². The van der Waals surface area contributed by atoms with Crippen molar-refractivity contribution in [3.63, 3.8) is 0 Å². The first-order chi connectivity index (χ1) is 5.95. The first kappa shape index (κ1) is 6.99. The summed E-state index contributed by atoms with van der Waals surface area (Å²) in [7, 11) is 0. The van der Waals surface area contributed by atoms with Crippen molar-refractivity contribution in [2.75, 3.05) is 0 Å². The molecule has 0 spiro atoms. The highest BCUT2D eigenvalue weighted by Crippen LogP contribution is 2.48. The van der Waals surface area contributed by atoms with Gasteiger partial charge < -0.3 is 4.74 Å². The molecule has 1 heterocycles. The van der Waals surface area contributed by atoms with Gasteiger partial charge in [-0.3, -0.25) is 0 Å². The predicted molar refractivity (Wildman–Crippen MR) is 47.6 cm³/mol. The van der Waals surface area contributed by atoms with Crippen molar-refractivity contribution in [3.8, 4) is 0 Å². The van der Waals surface area contributed by atoms with E-state index in [1.165, 1.54) is 32.1 Å². The fourth-order valence-corrected chi connectivity index (χ4v) is 3.39. The number of hydrogen-bond acceptors (Lipinski definition) is 1. The predicted octanol–water partition coefficient (Wildman–Crippen LogP) is 2.73. The van der Waals surface area contributed by atoms with E-state index in [-0.39, 0.29) is 0 Å². The van der Waals surface area contributed by atoms with E-state index in [0.29, 0.717) is 6.10 Å². The van der Waals surface area contributed by atoms with Gasteiger partial charge in [-0.25, -0.2) is 0 Å². The minimum atomic E-state index is 0.579. The summed E-state index contributed by atoms with van der Waals surface area (Å²) in [5.41, 5.74) is 0. The molecule has 0 radical (unpaired) electrons. The van der Waals surface area contributed by atoms with Gasteiger partial charge in [-0.1, -0.05) is 19.3 Å². The maximum Gasteiger partial charge on any atom is 0.107 e. The highest BCUT2D eigenvalue weighted by Gasteiger charge is 2.45. The van der Waals surface area contributed by atoms with Gasteiger partial charge in [-0.05, 0) is 30.8 Å². The lowest BCUT2D eigenvalue weighted by Gasteiger charge is -2.27. The molecule has 0 aromatic rings. The van der Waals surface area contributed by atoms with Crippen LogP contribution in [0.15, 0.2) is 12.3 Å². The molecule has 2 saturated carbocycles. The smallest absolute Gasteiger partial charge is 0.107 e. The largest absolute Gasteiger partial charge is 0.497 e. The molecular formula is C11H16O. The Labute approximate surface area is 73.8 Å². The van der Waals surface area contributed by atoms with Crippen LogP contribution in [-0.4, -0.2) is 6.10 Å². The molecule has 0 saturated heterocycles. The van der Waals surface area contributed by atoms with Crippen molar-refractivity contribution >= 4 is 0 Å². The third-order valence-electron chi connectivity index (χ3n) is 3.95. The molecule has 0 aromatic carbocycles. The Bertz CT molecular complexity index is 209. The van der Waals surface area contributed by atoms with Gasteiger partial charge in [0.15, 0.2) is 0 Å². The summed E-state index contributed by atoms with van der Waals surface area (Å²) in [5.74, 6) is 2.68. The minimum absolute atomic E-state index is 0.579. The zero-order chi connectivity index (χ0) is 7.97. The summed E-state index contributed by atoms with van der Waals surface area (Å²) in [5, 5.41) is 0. The molecule has 3 rings (SSSR count). The molecule has 4 atom stereocenters. The van der Waals surface area contributed by atoms with Crippen LogP contribution in [0.1, 0.15) is 32.1 Å². The summed E-state index contributed by atoms with van der Waals surface area (Å²) >= 11 is 0. The van der Waals surface area contributed by atoms with Crippen LogP contribution in [0, 0.1) is 17.8 Å². The third-order valence-corrected chi connectivity index (χ3v) is 3.95. The first-order valence-electron chi connectivity index (χ1n) is 5.27. The fraction of sp³-hybridized carbons (Fsp3) is 0.818. The Morgan fingerprint density at radius 2 is 2.08 bits per heavy atom. The van der Waals surface area contributed by atoms with E-state index in [0.717, 1.165) is 17.8 Å². The molecule has 1 nitrogen and oxygen atoms in total. The standard InChI is InChI=1S/C11H16O/c1-2-4-10-8(3-1)7-9-5-6-12-11(9)10/h5-6,8-11H,1-4,7H2. The number of fused-ring (bicyclic) bond motifs is 3. The lowest BCUT2D eigenvalue weighted by molar-refractivity contribution is 0.0802. The molecule has 0 aromatic heterocycles. The molecule has 2 aliphatic carbocycles. The monoisotopic (exact) mass is 164 g/mol. The Hall–Kier alpha value is -0.460. The van der Waals surface area contributed by atoms with Crippen LogP contribution in [0.2, 0.25) is 0 Å². The van der Waals surface area contributed by atoms with Crippen molar-refractivity contribution in [3.05, 3.63) is 12.3 Å². The molecular weight excluding hydrogens is 148 g/mol. The summed E-state index contributed by atoms with van der Waals surface area (Å²) in [6, 6.07) is 0. The second kappa shape index (κ2) is 2.51. The van der Waals surface area contributed by atoms with Crippen LogP contribution in [0.5, 0.6) is 0 Å². The van der Waals surface area contributed by atoms with E-state index in [1.807, 2.05) is 6.26 Å². The molecule has 3 aliphatic rings. The van der Waals surface area contributed by atoms with Crippen LogP contribution in [0.4, 0.5) is 0 Å². The third kappa shape index (κ3) is 0.854. The highest BCUT2D eigenvalue weighted by molar-refractivity contribution is 5.06. The highest BCUT2D eigenvalue weighted by atomic mass is 16.5. The summed E-state index contributed by atoms with van der Waals surface area (Å²) in [6.45, 7) is 0. The zero-order valence-electron chi connectivity index (χ0n) is 7.41. The van der Waals surface area contributed by atoms with Crippen molar-refractivity contribution in [2.45, 2.75) is 38.2 Å². The molecule has 2 fully saturated rings. The minimum Gasteiger partial charge on any atom is -0.497 e. The van der Waals surface area contributed by atoms with E-state index in [1.54, 1.807) is 0 Å². The van der Waals surface area contributed by atoms with Gasteiger partial charge in [-0.15, -0.1) is 0 Å². The van der Waals surface area contributed by atoms with E-state index >= 15 is 0 Å². The van der Waals surface area contributed by atoms with Crippen LogP contribution < -0.4 is 0 Å². The van der Waals surface area contributed by atoms with Crippen LogP contribution in [-0.2, 0) is 4.74 Å². The van der Waals surface area contributed by atoms with Crippen molar-refractivity contribution < 1.29 is 4.74 Å². The lowest BCUT2D eigenvalue weighted by atomic mass is 9.81. The SMILES string of the molecule is C1=CC2CC3CCCCC3C2O1. The van der Waals surface area contributed by atoms with Crippen molar-refractivity contribution in [1.82, 2.24) is 0 Å². The Morgan fingerprint density at radius 3 is 3.08 bits per heavy atom. The van der Waals surface area contributed by atoms with Gasteiger partial charge in [0.05, 0.1) is 6.26 Å². The summed E-state index contributed by atoms with van der Waals surface area (Å²) < 4.78 is 5.67. The fourth-order valence-electron chi connectivity index (χ4n) is 3.39. The molecule has 0 amide bonds. The maximum atomic E-state index is 5.67. The van der Waals surface area contributed by atoms with Crippen LogP contribution in [0.3, 0.4) is 0 Å². The zero-order valence-corrected chi connectivity index (χ0v) is 7.41. The van der Waals surface area contributed by atoms with E-state index in [4.69, 9.17) is 4.74 Å². The Balaban J connectivity index is 1.82. The van der Waals surface area contributed by atoms with E-state index in [2.05, 4.69) is 6.08 Å². The van der Waals surface area contributed by atoms with Crippen molar-refractivity contribution in [2.24, 2.45) is 17.8 Å². The lowest BCUT2D eigenvalue weighted by Crippen LogP contribution is -2.24. The van der Waals surface area contributed by atoms with Gasteiger partial charge in [0.25, 0.3) is 0 Å². The second-order valence-electron chi connectivity index (χ2n) is 4.54. The van der Waals surface area contributed by atoms with Gasteiger partial charge in [0, 0.05) is 5.92 Å². The Kier molecular flexibility index (Phi) is 1.46. The number of rotatable bonds is 0. The summed E-state index contributed by atoms with van der Waals surface area (Å²) in [6.07, 6.45) is 12.0. The molecule has 0 N–H and O–H groups in total. The molecule has 66 valence electrons. The molecule has 1 heteroatoms. The first-order valence-corrected chi connectivity index (χ1v) is 5.27. The number of hydrogen-bond donors (Lipinski definition) is 0. The average Bonchev–Trinajstić information content (AvgIpc) is 2.62.